The molecule has 1 saturated heterocycles. The number of aryl methyl sites for hydroxylation is 3. The molecule has 0 radical (unpaired) electrons. The summed E-state index contributed by atoms with van der Waals surface area (Å²) in [6.45, 7) is 8.73. The summed E-state index contributed by atoms with van der Waals surface area (Å²) in [6, 6.07) is 10.0. The molecule has 0 bridgehead atoms. The van der Waals surface area contributed by atoms with Crippen molar-refractivity contribution in [2.45, 2.75) is 20.8 Å². The lowest BCUT2D eigenvalue weighted by atomic mass is 10.2. The van der Waals surface area contributed by atoms with Crippen molar-refractivity contribution >= 4 is 22.9 Å². The fourth-order valence-corrected chi connectivity index (χ4v) is 4.73. The average molecular weight is 412 g/mol. The second kappa shape index (κ2) is 7.87. The molecule has 0 aliphatic carbocycles. The topological polar surface area (TPSA) is 63.5 Å². The number of hydrogen-bond acceptors (Lipinski definition) is 6. The SMILES string of the molecule is COc1ccccc1N1CCN(C(=O)c2sc(-n3nc(C)cc3C)nc2C)CC1. The highest BCUT2D eigenvalue weighted by Gasteiger charge is 2.27. The van der Waals surface area contributed by atoms with Gasteiger partial charge in [0.2, 0.25) is 5.13 Å². The Kier molecular flexibility index (Phi) is 5.27. The molecule has 2 aromatic heterocycles. The van der Waals surface area contributed by atoms with Gasteiger partial charge in [0, 0.05) is 31.9 Å². The largest absolute Gasteiger partial charge is 0.495 e. The van der Waals surface area contributed by atoms with Gasteiger partial charge in [0.1, 0.15) is 10.6 Å². The molecule has 3 aromatic rings. The molecule has 1 aliphatic rings. The number of piperazine rings is 1. The molecule has 0 saturated carbocycles. The quantitative estimate of drug-likeness (QED) is 0.660. The number of para-hydroxylation sites is 2. The first-order valence-electron chi connectivity index (χ1n) is 9.66. The van der Waals surface area contributed by atoms with Crippen molar-refractivity contribution in [2.75, 3.05) is 38.2 Å². The number of thiazole rings is 1. The van der Waals surface area contributed by atoms with Crippen LogP contribution in [0.1, 0.15) is 26.8 Å². The number of amides is 1. The van der Waals surface area contributed by atoms with Gasteiger partial charge in [0.15, 0.2) is 0 Å². The minimum absolute atomic E-state index is 0.0486. The van der Waals surface area contributed by atoms with Gasteiger partial charge in [0.05, 0.1) is 24.2 Å². The molecule has 0 N–H and O–H groups in total. The Morgan fingerprint density at radius 1 is 1.10 bits per heavy atom. The van der Waals surface area contributed by atoms with Crippen LogP contribution in [0.25, 0.3) is 5.13 Å². The number of ether oxygens (including phenoxy) is 1. The van der Waals surface area contributed by atoms with Crippen LogP contribution in [0, 0.1) is 20.8 Å². The number of hydrogen-bond donors (Lipinski definition) is 0. The molecule has 0 spiro atoms. The summed E-state index contributed by atoms with van der Waals surface area (Å²) in [5.74, 6) is 0.910. The second-order valence-corrected chi connectivity index (χ2v) is 8.18. The van der Waals surface area contributed by atoms with Gasteiger partial charge in [0.25, 0.3) is 5.91 Å². The number of methoxy groups -OCH3 is 1. The van der Waals surface area contributed by atoms with Crippen molar-refractivity contribution in [1.82, 2.24) is 19.7 Å². The molecule has 152 valence electrons. The number of nitrogens with zero attached hydrogens (tertiary/aromatic N) is 5. The van der Waals surface area contributed by atoms with E-state index in [0.29, 0.717) is 18.0 Å². The van der Waals surface area contributed by atoms with Gasteiger partial charge in [-0.25, -0.2) is 9.67 Å². The highest BCUT2D eigenvalue weighted by Crippen LogP contribution is 2.29. The lowest BCUT2D eigenvalue weighted by Gasteiger charge is -2.36. The number of anilines is 1. The van der Waals surface area contributed by atoms with E-state index in [4.69, 9.17) is 4.74 Å². The van der Waals surface area contributed by atoms with Crippen molar-refractivity contribution in [1.29, 1.82) is 0 Å². The summed E-state index contributed by atoms with van der Waals surface area (Å²) in [5.41, 5.74) is 3.79. The van der Waals surface area contributed by atoms with Crippen molar-refractivity contribution < 1.29 is 9.53 Å². The standard InChI is InChI=1S/C21H25N5O2S/c1-14-13-15(2)26(23-14)21-22-16(3)19(29-21)20(27)25-11-9-24(10-12-25)17-7-5-6-8-18(17)28-4/h5-8,13H,9-12H2,1-4H3. The summed E-state index contributed by atoms with van der Waals surface area (Å²) < 4.78 is 7.29. The van der Waals surface area contributed by atoms with E-state index in [9.17, 15) is 4.79 Å². The fraction of sp³-hybridized carbons (Fsp3) is 0.381. The lowest BCUT2D eigenvalue weighted by molar-refractivity contribution is 0.0750. The van der Waals surface area contributed by atoms with E-state index >= 15 is 0 Å². The minimum atomic E-state index is 0.0486. The van der Waals surface area contributed by atoms with Crippen molar-refractivity contribution in [3.05, 3.63) is 52.3 Å². The van der Waals surface area contributed by atoms with Gasteiger partial charge < -0.3 is 14.5 Å². The van der Waals surface area contributed by atoms with E-state index in [1.54, 1.807) is 7.11 Å². The third-order valence-corrected chi connectivity index (χ3v) is 6.28. The zero-order valence-corrected chi connectivity index (χ0v) is 18.0. The Labute approximate surface area is 174 Å². The van der Waals surface area contributed by atoms with Gasteiger partial charge in [-0.05, 0) is 39.0 Å². The number of benzene rings is 1. The molecule has 1 fully saturated rings. The van der Waals surface area contributed by atoms with E-state index in [1.807, 2.05) is 54.6 Å². The summed E-state index contributed by atoms with van der Waals surface area (Å²) in [4.78, 5) is 22.6. The van der Waals surface area contributed by atoms with Crippen LogP contribution >= 0.6 is 11.3 Å². The minimum Gasteiger partial charge on any atom is -0.495 e. The summed E-state index contributed by atoms with van der Waals surface area (Å²) in [5, 5.41) is 5.23. The maximum atomic E-state index is 13.1. The molecule has 1 aromatic carbocycles. The molecule has 1 aliphatic heterocycles. The molecule has 29 heavy (non-hydrogen) atoms. The molecule has 1 amide bonds. The molecule has 3 heterocycles. The van der Waals surface area contributed by atoms with Crippen molar-refractivity contribution in [2.24, 2.45) is 0 Å². The maximum Gasteiger partial charge on any atom is 0.266 e. The van der Waals surface area contributed by atoms with Gasteiger partial charge in [-0.2, -0.15) is 5.10 Å². The third-order valence-electron chi connectivity index (χ3n) is 5.16. The van der Waals surface area contributed by atoms with Crippen LogP contribution in [0.4, 0.5) is 5.69 Å². The van der Waals surface area contributed by atoms with Crippen LogP contribution in [0.5, 0.6) is 5.75 Å². The second-order valence-electron chi connectivity index (χ2n) is 7.20. The van der Waals surface area contributed by atoms with Gasteiger partial charge in [-0.1, -0.05) is 23.5 Å². The molecule has 8 heteroatoms. The van der Waals surface area contributed by atoms with Gasteiger partial charge in [-0.15, -0.1) is 0 Å². The Balaban J connectivity index is 1.48. The molecule has 0 unspecified atom stereocenters. The zero-order valence-electron chi connectivity index (χ0n) is 17.2. The monoisotopic (exact) mass is 411 g/mol. The normalized spacial score (nSPS) is 14.3. The van der Waals surface area contributed by atoms with Gasteiger partial charge in [-0.3, -0.25) is 4.79 Å². The summed E-state index contributed by atoms with van der Waals surface area (Å²) >= 11 is 1.41. The van der Waals surface area contributed by atoms with Crippen LogP contribution in [-0.4, -0.2) is 58.9 Å². The van der Waals surface area contributed by atoms with Crippen LogP contribution in [0.15, 0.2) is 30.3 Å². The molecular formula is C21H25N5O2S. The van der Waals surface area contributed by atoms with Crippen molar-refractivity contribution in [3.8, 4) is 10.9 Å². The van der Waals surface area contributed by atoms with Crippen LogP contribution in [0.3, 0.4) is 0 Å². The fourth-order valence-electron chi connectivity index (χ4n) is 3.68. The predicted octanol–water partition coefficient (Wildman–Crippen LogP) is 3.23. The van der Waals surface area contributed by atoms with Gasteiger partial charge >= 0.3 is 0 Å². The highest BCUT2D eigenvalue weighted by molar-refractivity contribution is 7.16. The number of aromatic nitrogens is 3. The molecule has 4 rings (SSSR count). The Morgan fingerprint density at radius 3 is 2.48 bits per heavy atom. The first-order chi connectivity index (χ1) is 14.0. The number of rotatable bonds is 4. The van der Waals surface area contributed by atoms with Crippen molar-refractivity contribution in [3.63, 3.8) is 0 Å². The Morgan fingerprint density at radius 2 is 1.83 bits per heavy atom. The first-order valence-corrected chi connectivity index (χ1v) is 10.5. The Hall–Kier alpha value is -2.87. The molecule has 7 nitrogen and oxygen atoms in total. The van der Waals surface area contributed by atoms with E-state index in [-0.39, 0.29) is 5.91 Å². The molecular weight excluding hydrogens is 386 g/mol. The van der Waals surface area contributed by atoms with Crippen LogP contribution in [0.2, 0.25) is 0 Å². The maximum absolute atomic E-state index is 13.1. The molecule has 0 atom stereocenters. The van der Waals surface area contributed by atoms with E-state index in [0.717, 1.165) is 46.7 Å². The predicted molar refractivity (Wildman–Crippen MR) is 115 cm³/mol. The highest BCUT2D eigenvalue weighted by atomic mass is 32.1. The number of carbonyl (C=O) groups excluding carboxylic acids is 1. The van der Waals surface area contributed by atoms with E-state index in [1.165, 1.54) is 11.3 Å². The number of carbonyl (C=O) groups is 1. The van der Waals surface area contributed by atoms with Crippen LogP contribution < -0.4 is 9.64 Å². The zero-order chi connectivity index (χ0) is 20.5. The van der Waals surface area contributed by atoms with Crippen LogP contribution in [-0.2, 0) is 0 Å². The summed E-state index contributed by atoms with van der Waals surface area (Å²) in [6.07, 6.45) is 0. The first kappa shape index (κ1) is 19.4. The Bertz CT molecular complexity index is 1030. The smallest absolute Gasteiger partial charge is 0.266 e. The van der Waals surface area contributed by atoms with E-state index < -0.39 is 0 Å². The average Bonchev–Trinajstić information content (AvgIpc) is 3.28. The van der Waals surface area contributed by atoms with E-state index in [2.05, 4.69) is 21.0 Å². The third kappa shape index (κ3) is 3.72. The lowest BCUT2D eigenvalue weighted by Crippen LogP contribution is -2.48. The summed E-state index contributed by atoms with van der Waals surface area (Å²) in [7, 11) is 1.69.